The average molecular weight is 254 g/mol. The summed E-state index contributed by atoms with van der Waals surface area (Å²) in [5, 5.41) is 7.12. The Morgan fingerprint density at radius 1 is 0.833 bits per heavy atom. The first-order valence-corrected chi connectivity index (χ1v) is 6.36. The third kappa shape index (κ3) is 2.10. The van der Waals surface area contributed by atoms with Crippen LogP contribution in [0.3, 0.4) is 0 Å². The lowest BCUT2D eigenvalue weighted by molar-refractivity contribution is 1.06. The van der Waals surface area contributed by atoms with Crippen LogP contribution in [0.15, 0.2) is 59.4 Å². The highest BCUT2D eigenvalue weighted by Crippen LogP contribution is 2.24. The van der Waals surface area contributed by atoms with Gasteiger partial charge in [-0.2, -0.15) is 5.10 Å². The van der Waals surface area contributed by atoms with Gasteiger partial charge < -0.3 is 0 Å². The highest BCUT2D eigenvalue weighted by atomic mass is 32.1. The Labute approximate surface area is 108 Å². The van der Waals surface area contributed by atoms with Gasteiger partial charge in [-0.3, -0.25) is 4.79 Å². The number of nitrogens with zero attached hydrogens (tertiary/aromatic N) is 1. The van der Waals surface area contributed by atoms with E-state index in [9.17, 15) is 4.79 Å². The Kier molecular flexibility index (Phi) is 2.78. The molecule has 0 saturated heterocycles. The van der Waals surface area contributed by atoms with Gasteiger partial charge in [0.1, 0.15) is 5.01 Å². The van der Waals surface area contributed by atoms with Crippen molar-refractivity contribution in [1.82, 2.24) is 10.2 Å². The van der Waals surface area contributed by atoms with Crippen molar-refractivity contribution < 1.29 is 0 Å². The molecule has 0 amide bonds. The van der Waals surface area contributed by atoms with Crippen molar-refractivity contribution in [2.45, 2.75) is 0 Å². The van der Waals surface area contributed by atoms with Crippen molar-refractivity contribution in [2.24, 2.45) is 0 Å². The monoisotopic (exact) mass is 254 g/mol. The summed E-state index contributed by atoms with van der Waals surface area (Å²) in [6.45, 7) is 0. The van der Waals surface area contributed by atoms with Crippen molar-refractivity contribution in [1.29, 1.82) is 0 Å². The first kappa shape index (κ1) is 10.9. The molecule has 3 rings (SSSR count). The van der Waals surface area contributed by atoms with E-state index in [2.05, 4.69) is 22.3 Å². The van der Waals surface area contributed by atoms with E-state index in [1.807, 2.05) is 42.5 Å². The van der Waals surface area contributed by atoms with Crippen molar-refractivity contribution in [3.63, 3.8) is 0 Å². The van der Waals surface area contributed by atoms with Crippen molar-refractivity contribution in [2.75, 3.05) is 0 Å². The van der Waals surface area contributed by atoms with E-state index in [-0.39, 0.29) is 4.87 Å². The van der Waals surface area contributed by atoms with E-state index in [1.54, 1.807) is 0 Å². The van der Waals surface area contributed by atoms with Gasteiger partial charge in [-0.1, -0.05) is 65.9 Å². The van der Waals surface area contributed by atoms with Gasteiger partial charge in [0.05, 0.1) is 0 Å². The molecular formula is C14H10N2OS. The normalized spacial score (nSPS) is 10.4. The van der Waals surface area contributed by atoms with E-state index in [0.29, 0.717) is 0 Å². The quantitative estimate of drug-likeness (QED) is 0.763. The number of hydrogen-bond acceptors (Lipinski definition) is 3. The zero-order valence-corrected chi connectivity index (χ0v) is 10.3. The molecule has 3 nitrogen and oxygen atoms in total. The molecule has 4 heteroatoms. The predicted molar refractivity (Wildman–Crippen MR) is 73.6 cm³/mol. The third-order valence-electron chi connectivity index (χ3n) is 2.68. The van der Waals surface area contributed by atoms with Crippen LogP contribution in [-0.4, -0.2) is 10.2 Å². The molecule has 1 heterocycles. The number of H-pyrrole nitrogens is 1. The molecule has 88 valence electrons. The maximum Gasteiger partial charge on any atom is 0.322 e. The molecule has 0 spiro atoms. The Morgan fingerprint density at radius 2 is 1.44 bits per heavy atom. The van der Waals surface area contributed by atoms with Crippen LogP contribution in [0.4, 0.5) is 0 Å². The summed E-state index contributed by atoms with van der Waals surface area (Å²) in [6, 6.07) is 18.2. The zero-order valence-electron chi connectivity index (χ0n) is 9.46. The minimum Gasteiger partial charge on any atom is -0.255 e. The van der Waals surface area contributed by atoms with E-state index in [1.165, 1.54) is 5.56 Å². The molecule has 18 heavy (non-hydrogen) atoms. The van der Waals surface area contributed by atoms with E-state index >= 15 is 0 Å². The van der Waals surface area contributed by atoms with E-state index in [0.717, 1.165) is 27.5 Å². The second-order valence-electron chi connectivity index (χ2n) is 3.86. The Bertz CT molecular complexity index is 698. The number of aromatic amines is 1. The molecule has 0 fully saturated rings. The van der Waals surface area contributed by atoms with Crippen LogP contribution in [0, 0.1) is 0 Å². The largest absolute Gasteiger partial charge is 0.322 e. The zero-order chi connectivity index (χ0) is 12.4. The van der Waals surface area contributed by atoms with E-state index in [4.69, 9.17) is 0 Å². The summed E-state index contributed by atoms with van der Waals surface area (Å²) in [7, 11) is 0. The lowest BCUT2D eigenvalue weighted by Crippen LogP contribution is -1.90. The summed E-state index contributed by atoms with van der Waals surface area (Å²) < 4.78 is 0. The molecule has 0 radical (unpaired) electrons. The van der Waals surface area contributed by atoms with Gasteiger partial charge in [0.15, 0.2) is 0 Å². The summed E-state index contributed by atoms with van der Waals surface area (Å²) in [6.07, 6.45) is 0. The van der Waals surface area contributed by atoms with Gasteiger partial charge in [0.2, 0.25) is 0 Å². The molecular weight excluding hydrogens is 244 g/mol. The van der Waals surface area contributed by atoms with Gasteiger partial charge in [0.25, 0.3) is 0 Å². The molecule has 0 bridgehead atoms. The van der Waals surface area contributed by atoms with Crippen molar-refractivity contribution >= 4 is 11.3 Å². The second-order valence-corrected chi connectivity index (χ2v) is 4.82. The van der Waals surface area contributed by atoms with E-state index < -0.39 is 0 Å². The molecule has 0 unspecified atom stereocenters. The fraction of sp³-hybridized carbons (Fsp3) is 0. The fourth-order valence-corrected chi connectivity index (χ4v) is 2.40. The van der Waals surface area contributed by atoms with Gasteiger partial charge >= 0.3 is 4.87 Å². The van der Waals surface area contributed by atoms with Crippen molar-refractivity contribution in [3.8, 4) is 21.7 Å². The van der Waals surface area contributed by atoms with Crippen LogP contribution in [0.1, 0.15) is 0 Å². The minimum atomic E-state index is -0.128. The average Bonchev–Trinajstić information content (AvgIpc) is 2.87. The van der Waals surface area contributed by atoms with Crippen LogP contribution in [-0.2, 0) is 0 Å². The lowest BCUT2D eigenvalue weighted by atomic mass is 10.0. The molecule has 1 N–H and O–H groups in total. The summed E-state index contributed by atoms with van der Waals surface area (Å²) in [5.74, 6) is 0. The number of hydrogen-bond donors (Lipinski definition) is 1. The van der Waals surface area contributed by atoms with Crippen LogP contribution in [0.25, 0.3) is 21.7 Å². The Morgan fingerprint density at radius 3 is 2.06 bits per heavy atom. The van der Waals surface area contributed by atoms with Crippen LogP contribution in [0.2, 0.25) is 0 Å². The van der Waals surface area contributed by atoms with Crippen LogP contribution in [0.5, 0.6) is 0 Å². The number of benzene rings is 2. The molecule has 2 aromatic carbocycles. The summed E-state index contributed by atoms with van der Waals surface area (Å²) in [5.41, 5.74) is 3.29. The van der Waals surface area contributed by atoms with Crippen LogP contribution >= 0.6 is 11.3 Å². The first-order chi connectivity index (χ1) is 8.83. The number of nitrogens with one attached hydrogen (secondary N) is 1. The molecule has 0 aliphatic heterocycles. The SMILES string of the molecule is O=c1[nH]nc(-c2ccc(-c3ccccc3)cc2)s1. The lowest BCUT2D eigenvalue weighted by Gasteiger charge is -2.02. The summed E-state index contributed by atoms with van der Waals surface area (Å²) in [4.78, 5) is 10.9. The predicted octanol–water partition coefficient (Wildman–Crippen LogP) is 3.17. The van der Waals surface area contributed by atoms with Crippen LogP contribution < -0.4 is 4.87 Å². The topological polar surface area (TPSA) is 45.8 Å². The Balaban J connectivity index is 1.97. The molecule has 1 aromatic heterocycles. The highest BCUT2D eigenvalue weighted by Gasteiger charge is 2.03. The van der Waals surface area contributed by atoms with Gasteiger partial charge in [-0.25, -0.2) is 5.10 Å². The fourth-order valence-electron chi connectivity index (χ4n) is 1.79. The smallest absolute Gasteiger partial charge is 0.255 e. The van der Waals surface area contributed by atoms with Crippen molar-refractivity contribution in [3.05, 3.63) is 64.3 Å². The summed E-state index contributed by atoms with van der Waals surface area (Å²) >= 11 is 1.12. The molecule has 0 aliphatic rings. The molecule has 0 atom stereocenters. The van der Waals surface area contributed by atoms with Gasteiger partial charge in [0, 0.05) is 5.56 Å². The number of rotatable bonds is 2. The Hall–Kier alpha value is -2.20. The maximum absolute atomic E-state index is 11.1. The maximum atomic E-state index is 11.1. The molecule has 3 aromatic rings. The minimum absolute atomic E-state index is 0.128. The third-order valence-corrected chi connectivity index (χ3v) is 3.47. The van der Waals surface area contributed by atoms with Gasteiger partial charge in [-0.15, -0.1) is 0 Å². The molecule has 0 aliphatic carbocycles. The van der Waals surface area contributed by atoms with Gasteiger partial charge in [-0.05, 0) is 11.1 Å². The standard InChI is InChI=1S/C14H10N2OS/c17-14-16-15-13(18-14)12-8-6-11(7-9-12)10-4-2-1-3-5-10/h1-9H,(H,16,17). The second kappa shape index (κ2) is 4.58. The first-order valence-electron chi connectivity index (χ1n) is 5.54. The number of aromatic nitrogens is 2. The highest BCUT2D eigenvalue weighted by molar-refractivity contribution is 7.12. The molecule has 0 saturated carbocycles.